The van der Waals surface area contributed by atoms with Crippen LogP contribution in [0.15, 0.2) is 60.8 Å². The highest BCUT2D eigenvalue weighted by Gasteiger charge is 2.14. The first kappa shape index (κ1) is 17.3. The Labute approximate surface area is 160 Å². The Balaban J connectivity index is 1.81. The lowest BCUT2D eigenvalue weighted by atomic mass is 10.3. The van der Waals surface area contributed by atoms with Crippen molar-refractivity contribution < 1.29 is 5.11 Å². The average molecular weight is 381 g/mol. The Kier molecular flexibility index (Phi) is 4.86. The summed E-state index contributed by atoms with van der Waals surface area (Å²) in [7, 11) is 0. The summed E-state index contributed by atoms with van der Waals surface area (Å²) in [6.07, 6.45) is 1.73. The number of aliphatic hydroxyl groups excluding tert-OH is 1. The largest absolute Gasteiger partial charge is 0.395 e. The lowest BCUT2D eigenvalue weighted by Gasteiger charge is -2.10. The number of para-hydroxylation sites is 1. The maximum atomic E-state index is 9.10. The smallest absolute Gasteiger partial charge is 0.226 e. The van der Waals surface area contributed by atoms with E-state index in [0.29, 0.717) is 29.0 Å². The highest BCUT2D eigenvalue weighted by atomic mass is 35.5. The van der Waals surface area contributed by atoms with E-state index in [9.17, 15) is 0 Å². The highest BCUT2D eigenvalue weighted by molar-refractivity contribution is 6.30. The molecule has 27 heavy (non-hydrogen) atoms. The van der Waals surface area contributed by atoms with Gasteiger partial charge in [0.25, 0.3) is 0 Å². The van der Waals surface area contributed by atoms with Gasteiger partial charge in [0.2, 0.25) is 5.95 Å². The average Bonchev–Trinajstić information content (AvgIpc) is 3.13. The SMILES string of the molecule is OCCNc1nc(Nc2ccc(Cl)cc2)c2cnn(-c3ccccc3)c2n1. The van der Waals surface area contributed by atoms with Crippen LogP contribution in [-0.2, 0) is 0 Å². The molecule has 8 heteroatoms. The molecule has 0 amide bonds. The van der Waals surface area contributed by atoms with Gasteiger partial charge in [-0.3, -0.25) is 0 Å². The van der Waals surface area contributed by atoms with Crippen LogP contribution in [0.3, 0.4) is 0 Å². The fraction of sp³-hybridized carbons (Fsp3) is 0.105. The Morgan fingerprint density at radius 3 is 2.52 bits per heavy atom. The second-order valence-corrected chi connectivity index (χ2v) is 6.24. The van der Waals surface area contributed by atoms with Crippen molar-refractivity contribution in [2.24, 2.45) is 0 Å². The van der Waals surface area contributed by atoms with Gasteiger partial charge in [-0.1, -0.05) is 29.8 Å². The maximum absolute atomic E-state index is 9.10. The first-order valence-electron chi connectivity index (χ1n) is 8.43. The van der Waals surface area contributed by atoms with Crippen LogP contribution in [0.1, 0.15) is 0 Å². The molecule has 2 aromatic heterocycles. The molecule has 2 aromatic carbocycles. The molecule has 0 spiro atoms. The number of nitrogens with zero attached hydrogens (tertiary/aromatic N) is 4. The number of nitrogens with one attached hydrogen (secondary N) is 2. The van der Waals surface area contributed by atoms with E-state index in [2.05, 4.69) is 25.7 Å². The van der Waals surface area contributed by atoms with Crippen molar-refractivity contribution in [3.05, 3.63) is 65.8 Å². The normalized spacial score (nSPS) is 10.9. The number of aromatic nitrogens is 4. The lowest BCUT2D eigenvalue weighted by Crippen LogP contribution is -2.10. The van der Waals surface area contributed by atoms with Crippen molar-refractivity contribution in [1.29, 1.82) is 0 Å². The summed E-state index contributed by atoms with van der Waals surface area (Å²) in [4.78, 5) is 9.10. The molecule has 0 radical (unpaired) electrons. The third kappa shape index (κ3) is 3.69. The number of halogens is 1. The summed E-state index contributed by atoms with van der Waals surface area (Å²) < 4.78 is 1.76. The van der Waals surface area contributed by atoms with Gasteiger partial charge in [0.1, 0.15) is 5.82 Å². The van der Waals surface area contributed by atoms with E-state index in [-0.39, 0.29) is 6.61 Å². The standard InChI is InChI=1S/C19H17ClN6O/c20-13-6-8-14(9-7-13)23-17-16-12-22-26(15-4-2-1-3-5-15)18(16)25-19(24-17)21-10-11-27/h1-9,12,27H,10-11H2,(H2,21,23,24,25). The van der Waals surface area contributed by atoms with E-state index < -0.39 is 0 Å². The van der Waals surface area contributed by atoms with E-state index >= 15 is 0 Å². The third-order valence-electron chi connectivity index (χ3n) is 3.93. The molecule has 4 rings (SSSR count). The summed E-state index contributed by atoms with van der Waals surface area (Å²) in [6.45, 7) is 0.338. The van der Waals surface area contributed by atoms with Gasteiger partial charge in [0.15, 0.2) is 5.65 Å². The fourth-order valence-electron chi connectivity index (χ4n) is 2.68. The summed E-state index contributed by atoms with van der Waals surface area (Å²) in [5, 5.41) is 21.3. The van der Waals surface area contributed by atoms with Crippen molar-refractivity contribution in [3.63, 3.8) is 0 Å². The zero-order valence-corrected chi connectivity index (χ0v) is 15.1. The summed E-state index contributed by atoms with van der Waals surface area (Å²) in [5.41, 5.74) is 2.41. The summed E-state index contributed by atoms with van der Waals surface area (Å²) in [5.74, 6) is 1.02. The van der Waals surface area contributed by atoms with E-state index in [1.54, 1.807) is 23.0 Å². The topological polar surface area (TPSA) is 87.9 Å². The number of fused-ring (bicyclic) bond motifs is 1. The summed E-state index contributed by atoms with van der Waals surface area (Å²) in [6, 6.07) is 17.1. The van der Waals surface area contributed by atoms with E-state index in [4.69, 9.17) is 16.7 Å². The molecule has 0 fully saturated rings. The first-order valence-corrected chi connectivity index (χ1v) is 8.81. The number of hydrogen-bond acceptors (Lipinski definition) is 6. The predicted molar refractivity (Wildman–Crippen MR) is 107 cm³/mol. The van der Waals surface area contributed by atoms with Crippen molar-refractivity contribution in [2.75, 3.05) is 23.8 Å². The molecular weight excluding hydrogens is 364 g/mol. The molecule has 0 bridgehead atoms. The second-order valence-electron chi connectivity index (χ2n) is 5.81. The molecule has 4 aromatic rings. The number of anilines is 3. The molecule has 0 aliphatic heterocycles. The zero-order chi connectivity index (χ0) is 18.6. The monoisotopic (exact) mass is 380 g/mol. The van der Waals surface area contributed by atoms with E-state index in [1.807, 2.05) is 42.5 Å². The number of hydrogen-bond donors (Lipinski definition) is 3. The van der Waals surface area contributed by atoms with Crippen LogP contribution in [0.2, 0.25) is 5.02 Å². The Bertz CT molecular complexity index is 1050. The predicted octanol–water partition coefficient (Wildman–Crippen LogP) is 3.62. The van der Waals surface area contributed by atoms with Crippen LogP contribution in [0.25, 0.3) is 16.7 Å². The molecular formula is C19H17ClN6O. The van der Waals surface area contributed by atoms with Crippen LogP contribution in [0, 0.1) is 0 Å². The van der Waals surface area contributed by atoms with Gasteiger partial charge < -0.3 is 15.7 Å². The molecule has 2 heterocycles. The van der Waals surface area contributed by atoms with Crippen molar-refractivity contribution in [3.8, 4) is 5.69 Å². The minimum atomic E-state index is -0.0146. The molecule has 7 nitrogen and oxygen atoms in total. The van der Waals surface area contributed by atoms with Crippen LogP contribution in [-0.4, -0.2) is 38.0 Å². The molecule has 0 aliphatic rings. The molecule has 0 aliphatic carbocycles. The molecule has 0 saturated carbocycles. The molecule has 0 atom stereocenters. The second kappa shape index (κ2) is 7.61. The molecule has 0 unspecified atom stereocenters. The van der Waals surface area contributed by atoms with Crippen LogP contribution >= 0.6 is 11.6 Å². The zero-order valence-electron chi connectivity index (χ0n) is 14.3. The first-order chi connectivity index (χ1) is 13.2. The van der Waals surface area contributed by atoms with E-state index in [1.165, 1.54) is 0 Å². The van der Waals surface area contributed by atoms with Gasteiger partial charge in [-0.2, -0.15) is 15.1 Å². The number of benzene rings is 2. The van der Waals surface area contributed by atoms with Gasteiger partial charge in [0, 0.05) is 17.3 Å². The van der Waals surface area contributed by atoms with Gasteiger partial charge in [-0.25, -0.2) is 4.68 Å². The van der Waals surface area contributed by atoms with Crippen LogP contribution < -0.4 is 10.6 Å². The highest BCUT2D eigenvalue weighted by Crippen LogP contribution is 2.27. The minimum Gasteiger partial charge on any atom is -0.395 e. The van der Waals surface area contributed by atoms with Crippen molar-refractivity contribution in [2.45, 2.75) is 0 Å². The molecule has 0 saturated heterocycles. The van der Waals surface area contributed by atoms with E-state index in [0.717, 1.165) is 16.8 Å². The molecule has 136 valence electrons. The number of rotatable bonds is 6. The third-order valence-corrected chi connectivity index (χ3v) is 4.18. The van der Waals surface area contributed by atoms with Gasteiger partial charge >= 0.3 is 0 Å². The molecule has 3 N–H and O–H groups in total. The van der Waals surface area contributed by atoms with Gasteiger partial charge in [-0.15, -0.1) is 0 Å². The minimum absolute atomic E-state index is 0.0146. The quantitative estimate of drug-likeness (QED) is 0.473. The Hall–Kier alpha value is -3.16. The Morgan fingerprint density at radius 2 is 1.78 bits per heavy atom. The van der Waals surface area contributed by atoms with Gasteiger partial charge in [0.05, 0.1) is 23.9 Å². The van der Waals surface area contributed by atoms with Crippen LogP contribution in [0.4, 0.5) is 17.5 Å². The van der Waals surface area contributed by atoms with Crippen molar-refractivity contribution >= 4 is 40.1 Å². The lowest BCUT2D eigenvalue weighted by molar-refractivity contribution is 0.311. The summed E-state index contributed by atoms with van der Waals surface area (Å²) >= 11 is 5.96. The van der Waals surface area contributed by atoms with Gasteiger partial charge in [-0.05, 0) is 36.4 Å². The van der Waals surface area contributed by atoms with Crippen molar-refractivity contribution in [1.82, 2.24) is 19.7 Å². The number of aliphatic hydroxyl groups is 1. The van der Waals surface area contributed by atoms with Crippen LogP contribution in [0.5, 0.6) is 0 Å². The maximum Gasteiger partial charge on any atom is 0.226 e. The fourth-order valence-corrected chi connectivity index (χ4v) is 2.80. The Morgan fingerprint density at radius 1 is 1.00 bits per heavy atom.